The largest absolute Gasteiger partial charge is 0.458 e. The molecule has 0 bridgehead atoms. The zero-order chi connectivity index (χ0) is 11.3. The van der Waals surface area contributed by atoms with Gasteiger partial charge in [-0.15, -0.1) is 0 Å². The first-order valence-corrected chi connectivity index (χ1v) is 5.21. The second-order valence-electron chi connectivity index (χ2n) is 4.43. The topological polar surface area (TPSA) is 39.2 Å². The van der Waals surface area contributed by atoms with Crippen LogP contribution >= 0.6 is 0 Å². The Morgan fingerprint density at radius 2 is 2.06 bits per heavy atom. The van der Waals surface area contributed by atoms with Crippen molar-refractivity contribution >= 4 is 11.0 Å². The molecule has 1 heterocycles. The van der Waals surface area contributed by atoms with E-state index in [9.17, 15) is 8.78 Å². The molecule has 84 valence electrons. The van der Waals surface area contributed by atoms with E-state index >= 15 is 0 Å². The molecular formula is C12H11F2NO. The van der Waals surface area contributed by atoms with Crippen LogP contribution in [0.25, 0.3) is 11.0 Å². The Hall–Kier alpha value is -1.42. The molecule has 1 aliphatic rings. The molecule has 0 unspecified atom stereocenters. The van der Waals surface area contributed by atoms with Crippen LogP contribution in [0, 0.1) is 5.82 Å². The summed E-state index contributed by atoms with van der Waals surface area (Å²) in [5, 5.41) is 0.590. The highest BCUT2D eigenvalue weighted by Gasteiger charge is 2.47. The number of benzene rings is 1. The third-order valence-electron chi connectivity index (χ3n) is 3.09. The maximum absolute atomic E-state index is 14.2. The Kier molecular flexibility index (Phi) is 1.86. The van der Waals surface area contributed by atoms with Gasteiger partial charge in [-0.1, -0.05) is 0 Å². The molecule has 1 fully saturated rings. The van der Waals surface area contributed by atoms with E-state index in [1.165, 1.54) is 18.2 Å². The molecule has 1 aromatic carbocycles. The number of hydrogen-bond acceptors (Lipinski definition) is 2. The molecule has 0 atom stereocenters. The molecular weight excluding hydrogens is 212 g/mol. The van der Waals surface area contributed by atoms with Crippen molar-refractivity contribution in [2.75, 3.05) is 0 Å². The van der Waals surface area contributed by atoms with Crippen molar-refractivity contribution in [1.82, 2.24) is 0 Å². The third-order valence-corrected chi connectivity index (χ3v) is 3.09. The Labute approximate surface area is 91.0 Å². The van der Waals surface area contributed by atoms with Crippen molar-refractivity contribution in [3.05, 3.63) is 35.8 Å². The second-order valence-corrected chi connectivity index (χ2v) is 4.43. The van der Waals surface area contributed by atoms with Crippen LogP contribution in [0.15, 0.2) is 28.7 Å². The smallest absolute Gasteiger partial charge is 0.171 e. The number of nitrogens with two attached hydrogens (primary N) is 1. The zero-order valence-electron chi connectivity index (χ0n) is 8.54. The number of halogens is 2. The standard InChI is InChI=1S/C12H11F2NO/c13-8-1-2-10-7(3-8)4-11(16-10)12(14)5-9(15)6-12/h1-4,9H,5-6,15H2. The Morgan fingerprint density at radius 3 is 2.75 bits per heavy atom. The van der Waals surface area contributed by atoms with Crippen LogP contribution in [-0.2, 0) is 5.67 Å². The van der Waals surface area contributed by atoms with Crippen molar-refractivity contribution in [1.29, 1.82) is 0 Å². The summed E-state index contributed by atoms with van der Waals surface area (Å²) in [5.41, 5.74) is 4.61. The third kappa shape index (κ3) is 1.33. The fourth-order valence-electron chi connectivity index (χ4n) is 2.21. The molecule has 3 rings (SSSR count). The number of hydrogen-bond donors (Lipinski definition) is 1. The SMILES string of the molecule is NC1CC(F)(c2cc3cc(F)ccc3o2)C1. The highest BCUT2D eigenvalue weighted by Crippen LogP contribution is 2.45. The van der Waals surface area contributed by atoms with E-state index in [2.05, 4.69) is 0 Å². The number of alkyl halides is 1. The fraction of sp³-hybridized carbons (Fsp3) is 0.333. The summed E-state index contributed by atoms with van der Waals surface area (Å²) in [6, 6.07) is 5.60. The van der Waals surface area contributed by atoms with Gasteiger partial charge in [0.2, 0.25) is 0 Å². The van der Waals surface area contributed by atoms with Crippen molar-refractivity contribution in [3.63, 3.8) is 0 Å². The fourth-order valence-corrected chi connectivity index (χ4v) is 2.21. The highest BCUT2D eigenvalue weighted by atomic mass is 19.1. The van der Waals surface area contributed by atoms with Gasteiger partial charge in [-0.05, 0) is 24.3 Å². The molecule has 1 saturated carbocycles. The quantitative estimate of drug-likeness (QED) is 0.807. The normalized spacial score (nSPS) is 29.3. The van der Waals surface area contributed by atoms with E-state index < -0.39 is 5.67 Å². The van der Waals surface area contributed by atoms with E-state index in [-0.39, 0.29) is 30.5 Å². The summed E-state index contributed by atoms with van der Waals surface area (Å²) in [6.45, 7) is 0. The maximum Gasteiger partial charge on any atom is 0.171 e. The maximum atomic E-state index is 14.2. The van der Waals surface area contributed by atoms with Crippen molar-refractivity contribution in [2.45, 2.75) is 24.6 Å². The molecule has 0 spiro atoms. The lowest BCUT2D eigenvalue weighted by Crippen LogP contribution is -2.45. The van der Waals surface area contributed by atoms with E-state index in [0.717, 1.165) is 0 Å². The van der Waals surface area contributed by atoms with Crippen LogP contribution in [0.4, 0.5) is 8.78 Å². The molecule has 1 aromatic heterocycles. The zero-order valence-corrected chi connectivity index (χ0v) is 8.54. The number of furan rings is 1. The summed E-state index contributed by atoms with van der Waals surface area (Å²) in [6.07, 6.45) is 0.546. The van der Waals surface area contributed by atoms with Gasteiger partial charge in [0.1, 0.15) is 17.2 Å². The molecule has 4 heteroatoms. The van der Waals surface area contributed by atoms with Gasteiger partial charge in [-0.3, -0.25) is 0 Å². The van der Waals surface area contributed by atoms with Crippen LogP contribution in [0.3, 0.4) is 0 Å². The molecule has 2 N–H and O–H groups in total. The van der Waals surface area contributed by atoms with Crippen molar-refractivity contribution in [3.8, 4) is 0 Å². The minimum Gasteiger partial charge on any atom is -0.458 e. The number of rotatable bonds is 1. The van der Waals surface area contributed by atoms with Gasteiger partial charge in [0, 0.05) is 24.3 Å². The molecule has 16 heavy (non-hydrogen) atoms. The summed E-state index contributed by atoms with van der Waals surface area (Å²) in [4.78, 5) is 0. The molecule has 0 aliphatic heterocycles. The van der Waals surface area contributed by atoms with E-state index in [4.69, 9.17) is 10.2 Å². The lowest BCUT2D eigenvalue weighted by molar-refractivity contribution is 0.0196. The Balaban J connectivity index is 2.06. The lowest BCUT2D eigenvalue weighted by Gasteiger charge is -2.37. The van der Waals surface area contributed by atoms with Gasteiger partial charge in [-0.25, -0.2) is 8.78 Å². The second kappa shape index (κ2) is 3.04. The Bertz CT molecular complexity index is 543. The summed E-state index contributed by atoms with van der Waals surface area (Å²) in [7, 11) is 0. The van der Waals surface area contributed by atoms with Crippen LogP contribution in [0.1, 0.15) is 18.6 Å². The number of fused-ring (bicyclic) bond motifs is 1. The molecule has 0 amide bonds. The molecule has 0 radical (unpaired) electrons. The van der Waals surface area contributed by atoms with E-state index in [1.54, 1.807) is 6.07 Å². The Morgan fingerprint density at radius 1 is 1.31 bits per heavy atom. The van der Waals surface area contributed by atoms with Gasteiger partial charge in [0.25, 0.3) is 0 Å². The minimum absolute atomic E-state index is 0.102. The van der Waals surface area contributed by atoms with Gasteiger partial charge >= 0.3 is 0 Å². The predicted octanol–water partition coefficient (Wildman–Crippen LogP) is 2.86. The highest BCUT2D eigenvalue weighted by molar-refractivity contribution is 5.78. The van der Waals surface area contributed by atoms with Gasteiger partial charge < -0.3 is 10.2 Å². The van der Waals surface area contributed by atoms with E-state index in [1.807, 2.05) is 0 Å². The van der Waals surface area contributed by atoms with Crippen LogP contribution < -0.4 is 5.73 Å². The first-order valence-electron chi connectivity index (χ1n) is 5.21. The average molecular weight is 223 g/mol. The van der Waals surface area contributed by atoms with Gasteiger partial charge in [0.15, 0.2) is 5.67 Å². The summed E-state index contributed by atoms with van der Waals surface area (Å²) in [5.74, 6) is -0.0899. The van der Waals surface area contributed by atoms with Gasteiger partial charge in [-0.2, -0.15) is 0 Å². The molecule has 1 aliphatic carbocycles. The van der Waals surface area contributed by atoms with Crippen molar-refractivity contribution in [2.24, 2.45) is 5.73 Å². The molecule has 0 saturated heterocycles. The van der Waals surface area contributed by atoms with Crippen LogP contribution in [0.2, 0.25) is 0 Å². The molecule has 2 nitrogen and oxygen atoms in total. The lowest BCUT2D eigenvalue weighted by atomic mass is 9.76. The summed E-state index contributed by atoms with van der Waals surface area (Å²) >= 11 is 0. The molecule has 2 aromatic rings. The van der Waals surface area contributed by atoms with Gasteiger partial charge in [0.05, 0.1) is 0 Å². The van der Waals surface area contributed by atoms with Crippen molar-refractivity contribution < 1.29 is 13.2 Å². The van der Waals surface area contributed by atoms with Crippen LogP contribution in [0.5, 0.6) is 0 Å². The monoisotopic (exact) mass is 223 g/mol. The van der Waals surface area contributed by atoms with E-state index in [0.29, 0.717) is 11.0 Å². The van der Waals surface area contributed by atoms with Crippen LogP contribution in [-0.4, -0.2) is 6.04 Å². The first-order chi connectivity index (χ1) is 7.57. The first kappa shape index (κ1) is 9.78. The minimum atomic E-state index is -1.46. The predicted molar refractivity (Wildman–Crippen MR) is 56.2 cm³/mol. The summed E-state index contributed by atoms with van der Waals surface area (Å²) < 4.78 is 32.5. The average Bonchev–Trinajstić information content (AvgIpc) is 2.58.